The van der Waals surface area contributed by atoms with Crippen molar-refractivity contribution < 1.29 is 4.74 Å². The van der Waals surface area contributed by atoms with Crippen molar-refractivity contribution in [3.05, 3.63) is 28.2 Å². The van der Waals surface area contributed by atoms with Crippen LogP contribution in [0.1, 0.15) is 44.6 Å². The number of nitrogens with two attached hydrogens (primary N) is 1. The summed E-state index contributed by atoms with van der Waals surface area (Å²) in [7, 11) is 1.71. The summed E-state index contributed by atoms with van der Waals surface area (Å²) in [6.45, 7) is 2.30. The molecular formula is C17H27BrN2O. The maximum Gasteiger partial charge on any atom is 0.119 e. The zero-order valence-corrected chi connectivity index (χ0v) is 14.7. The third-order valence-corrected chi connectivity index (χ3v) is 5.72. The monoisotopic (exact) mass is 354 g/mol. The zero-order valence-electron chi connectivity index (χ0n) is 13.1. The maximum atomic E-state index is 5.84. The van der Waals surface area contributed by atoms with Crippen molar-refractivity contribution in [3.63, 3.8) is 0 Å². The lowest BCUT2D eigenvalue weighted by atomic mass is 9.76. The molecule has 1 aliphatic carbocycles. The van der Waals surface area contributed by atoms with Gasteiger partial charge in [-0.25, -0.2) is 0 Å². The molecule has 1 atom stereocenters. The minimum absolute atomic E-state index is 0.339. The van der Waals surface area contributed by atoms with Gasteiger partial charge in [0, 0.05) is 10.5 Å². The normalized spacial score (nSPS) is 23.8. The number of rotatable bonds is 6. The second kappa shape index (κ2) is 8.16. The molecule has 1 aliphatic rings. The van der Waals surface area contributed by atoms with Crippen molar-refractivity contribution in [2.75, 3.05) is 7.11 Å². The highest BCUT2D eigenvalue weighted by Gasteiger charge is 2.27. The average Bonchev–Trinajstić information content (AvgIpc) is 2.54. The van der Waals surface area contributed by atoms with E-state index in [-0.39, 0.29) is 0 Å². The number of hydrogen-bond donors (Lipinski definition) is 2. The van der Waals surface area contributed by atoms with Crippen LogP contribution in [0.2, 0.25) is 0 Å². The summed E-state index contributed by atoms with van der Waals surface area (Å²) in [6, 6.07) is 6.47. The van der Waals surface area contributed by atoms with Gasteiger partial charge in [-0.05, 0) is 54.9 Å². The smallest absolute Gasteiger partial charge is 0.119 e. The highest BCUT2D eigenvalue weighted by Crippen LogP contribution is 2.34. The van der Waals surface area contributed by atoms with Crippen LogP contribution >= 0.6 is 15.9 Å². The summed E-state index contributed by atoms with van der Waals surface area (Å²) >= 11 is 3.64. The molecule has 0 amide bonds. The molecule has 1 unspecified atom stereocenters. The van der Waals surface area contributed by atoms with Gasteiger partial charge in [0.1, 0.15) is 5.75 Å². The molecule has 0 saturated heterocycles. The molecule has 118 valence electrons. The lowest BCUT2D eigenvalue weighted by Gasteiger charge is -2.33. The van der Waals surface area contributed by atoms with Gasteiger partial charge in [0.05, 0.1) is 7.11 Å². The van der Waals surface area contributed by atoms with E-state index in [9.17, 15) is 0 Å². The summed E-state index contributed by atoms with van der Waals surface area (Å²) < 4.78 is 6.46. The molecule has 0 radical (unpaired) electrons. The Balaban J connectivity index is 2.02. The number of ether oxygens (including phenoxy) is 1. The van der Waals surface area contributed by atoms with E-state index < -0.39 is 0 Å². The Labute approximate surface area is 136 Å². The number of hydrazine groups is 1. The lowest BCUT2D eigenvalue weighted by molar-refractivity contribution is 0.217. The molecule has 0 bridgehead atoms. The molecule has 1 fully saturated rings. The minimum Gasteiger partial charge on any atom is -0.497 e. The van der Waals surface area contributed by atoms with Gasteiger partial charge in [0.25, 0.3) is 0 Å². The molecule has 0 heterocycles. The number of nitrogens with one attached hydrogen (secondary N) is 1. The van der Waals surface area contributed by atoms with Crippen LogP contribution in [0, 0.1) is 11.8 Å². The van der Waals surface area contributed by atoms with E-state index in [1.807, 2.05) is 6.07 Å². The summed E-state index contributed by atoms with van der Waals surface area (Å²) in [4.78, 5) is 0. The first-order chi connectivity index (χ1) is 10.2. The van der Waals surface area contributed by atoms with Gasteiger partial charge < -0.3 is 4.74 Å². The van der Waals surface area contributed by atoms with E-state index >= 15 is 0 Å². The highest BCUT2D eigenvalue weighted by atomic mass is 79.9. The molecular weight excluding hydrogens is 328 g/mol. The van der Waals surface area contributed by atoms with Gasteiger partial charge in [-0.15, -0.1) is 0 Å². The first kappa shape index (κ1) is 16.8. The molecule has 1 aromatic carbocycles. The van der Waals surface area contributed by atoms with Gasteiger partial charge in [-0.2, -0.15) is 0 Å². The number of methoxy groups -OCH3 is 1. The largest absolute Gasteiger partial charge is 0.497 e. The lowest BCUT2D eigenvalue weighted by Crippen LogP contribution is -2.43. The number of halogens is 1. The second-order valence-electron chi connectivity index (χ2n) is 6.12. The van der Waals surface area contributed by atoms with E-state index in [4.69, 9.17) is 10.6 Å². The van der Waals surface area contributed by atoms with Crippen LogP contribution < -0.4 is 16.0 Å². The second-order valence-corrected chi connectivity index (χ2v) is 6.98. The van der Waals surface area contributed by atoms with Crippen LogP contribution in [-0.2, 0) is 6.42 Å². The minimum atomic E-state index is 0.339. The Morgan fingerprint density at radius 3 is 2.62 bits per heavy atom. The van der Waals surface area contributed by atoms with Crippen molar-refractivity contribution in [2.45, 2.75) is 51.5 Å². The summed E-state index contributed by atoms with van der Waals surface area (Å²) in [5.41, 5.74) is 4.32. The Morgan fingerprint density at radius 2 is 2.05 bits per heavy atom. The molecule has 2 rings (SSSR count). The van der Waals surface area contributed by atoms with E-state index in [1.165, 1.54) is 37.7 Å². The fourth-order valence-electron chi connectivity index (χ4n) is 3.43. The maximum absolute atomic E-state index is 5.84. The van der Waals surface area contributed by atoms with Crippen LogP contribution in [-0.4, -0.2) is 13.2 Å². The quantitative estimate of drug-likeness (QED) is 0.598. The Morgan fingerprint density at radius 1 is 1.33 bits per heavy atom. The van der Waals surface area contributed by atoms with Crippen molar-refractivity contribution in [3.8, 4) is 5.75 Å². The van der Waals surface area contributed by atoms with Gasteiger partial charge in [-0.1, -0.05) is 42.1 Å². The Bertz CT molecular complexity index is 444. The highest BCUT2D eigenvalue weighted by molar-refractivity contribution is 9.10. The van der Waals surface area contributed by atoms with Crippen LogP contribution in [0.25, 0.3) is 0 Å². The standard InChI is InChI=1S/C17H27BrN2O/c1-3-12-4-6-13(7-5-12)17(20-19)11-14-10-15(21-2)8-9-16(14)18/h8-10,12-13,17,20H,3-7,11,19H2,1-2H3. The average molecular weight is 355 g/mol. The molecule has 4 heteroatoms. The first-order valence-electron chi connectivity index (χ1n) is 7.96. The third kappa shape index (κ3) is 4.44. The van der Waals surface area contributed by atoms with E-state index in [1.54, 1.807) is 7.11 Å². The number of benzene rings is 1. The molecule has 0 spiro atoms. The SMILES string of the molecule is CCC1CCC(C(Cc2cc(OC)ccc2Br)NN)CC1. The summed E-state index contributed by atoms with van der Waals surface area (Å²) in [5.74, 6) is 8.34. The topological polar surface area (TPSA) is 47.3 Å². The Kier molecular flexibility index (Phi) is 6.52. The Hall–Kier alpha value is -0.580. The van der Waals surface area contributed by atoms with Gasteiger partial charge in [0.2, 0.25) is 0 Å². The fraction of sp³-hybridized carbons (Fsp3) is 0.647. The van der Waals surface area contributed by atoms with E-state index in [0.29, 0.717) is 12.0 Å². The molecule has 0 aliphatic heterocycles. The van der Waals surface area contributed by atoms with Crippen LogP contribution in [0.3, 0.4) is 0 Å². The predicted molar refractivity (Wildman–Crippen MR) is 91.2 cm³/mol. The van der Waals surface area contributed by atoms with Crippen molar-refractivity contribution >= 4 is 15.9 Å². The molecule has 1 saturated carbocycles. The molecule has 3 N–H and O–H groups in total. The molecule has 21 heavy (non-hydrogen) atoms. The summed E-state index contributed by atoms with van der Waals surface area (Å²) in [6.07, 6.45) is 7.52. The van der Waals surface area contributed by atoms with Gasteiger partial charge in [0.15, 0.2) is 0 Å². The molecule has 0 aromatic heterocycles. The van der Waals surface area contributed by atoms with Crippen LogP contribution in [0.4, 0.5) is 0 Å². The zero-order chi connectivity index (χ0) is 15.2. The van der Waals surface area contributed by atoms with Crippen LogP contribution in [0.5, 0.6) is 5.75 Å². The van der Waals surface area contributed by atoms with Crippen molar-refractivity contribution in [1.29, 1.82) is 0 Å². The van der Waals surface area contributed by atoms with Gasteiger partial charge in [-0.3, -0.25) is 11.3 Å². The third-order valence-electron chi connectivity index (χ3n) is 4.94. The van der Waals surface area contributed by atoms with Gasteiger partial charge >= 0.3 is 0 Å². The van der Waals surface area contributed by atoms with Crippen LogP contribution in [0.15, 0.2) is 22.7 Å². The molecule has 1 aromatic rings. The number of hydrogen-bond acceptors (Lipinski definition) is 3. The first-order valence-corrected chi connectivity index (χ1v) is 8.75. The van der Waals surface area contributed by atoms with Crippen molar-refractivity contribution in [2.24, 2.45) is 17.7 Å². The van der Waals surface area contributed by atoms with Crippen molar-refractivity contribution in [1.82, 2.24) is 5.43 Å². The van der Waals surface area contributed by atoms with E-state index in [2.05, 4.69) is 40.4 Å². The predicted octanol–water partition coefficient (Wildman–Crippen LogP) is 4.05. The molecule has 3 nitrogen and oxygen atoms in total. The fourth-order valence-corrected chi connectivity index (χ4v) is 3.84. The summed E-state index contributed by atoms with van der Waals surface area (Å²) in [5, 5.41) is 0. The van der Waals surface area contributed by atoms with E-state index in [0.717, 1.165) is 22.6 Å².